The van der Waals surface area contributed by atoms with Crippen LogP contribution in [0.15, 0.2) is 10.6 Å². The molecule has 0 atom stereocenters. The maximum Gasteiger partial charge on any atom is 0.203 e. The number of hydrogen-bond donors (Lipinski definition) is 1. The van der Waals surface area contributed by atoms with Crippen molar-refractivity contribution < 1.29 is 4.52 Å². The minimum atomic E-state index is 0.337. The van der Waals surface area contributed by atoms with Gasteiger partial charge in [0.25, 0.3) is 0 Å². The number of nitrogens with zero attached hydrogens (tertiary/aromatic N) is 3. The van der Waals surface area contributed by atoms with Crippen molar-refractivity contribution in [3.8, 4) is 11.5 Å². The van der Waals surface area contributed by atoms with E-state index in [4.69, 9.17) is 4.52 Å². The molecule has 0 spiro atoms. The van der Waals surface area contributed by atoms with E-state index in [1.165, 1.54) is 0 Å². The molecule has 2 heterocycles. The van der Waals surface area contributed by atoms with Crippen molar-refractivity contribution in [3.05, 3.63) is 17.7 Å². The zero-order valence-corrected chi connectivity index (χ0v) is 8.40. The summed E-state index contributed by atoms with van der Waals surface area (Å²) < 4.78 is 4.94. The van der Waals surface area contributed by atoms with E-state index in [0.717, 1.165) is 11.6 Å². The van der Waals surface area contributed by atoms with Gasteiger partial charge >= 0.3 is 0 Å². The Bertz CT molecular complexity index is 429. The van der Waals surface area contributed by atoms with Crippen LogP contribution in [0.1, 0.15) is 31.4 Å². The molecule has 0 unspecified atom stereocenters. The summed E-state index contributed by atoms with van der Waals surface area (Å²) in [5.74, 6) is 2.55. The van der Waals surface area contributed by atoms with Crippen molar-refractivity contribution in [2.75, 3.05) is 0 Å². The largest absolute Gasteiger partial charge is 0.361 e. The van der Waals surface area contributed by atoms with Crippen LogP contribution in [0.25, 0.3) is 11.5 Å². The maximum absolute atomic E-state index is 4.94. The Hall–Kier alpha value is -1.65. The topological polar surface area (TPSA) is 67.6 Å². The van der Waals surface area contributed by atoms with Gasteiger partial charge in [-0.1, -0.05) is 19.0 Å². The Morgan fingerprint density at radius 2 is 2.21 bits per heavy atom. The van der Waals surface area contributed by atoms with Crippen LogP contribution < -0.4 is 0 Å². The van der Waals surface area contributed by atoms with Gasteiger partial charge in [-0.3, -0.25) is 5.10 Å². The fraction of sp³-hybridized carbons (Fsp3) is 0.444. The molecule has 0 saturated heterocycles. The molecule has 0 amide bonds. The predicted molar refractivity (Wildman–Crippen MR) is 50.7 cm³/mol. The van der Waals surface area contributed by atoms with Gasteiger partial charge in [0.2, 0.25) is 5.82 Å². The summed E-state index contributed by atoms with van der Waals surface area (Å²) in [4.78, 5) is 4.30. The highest BCUT2D eigenvalue weighted by Gasteiger charge is 2.11. The number of rotatable bonds is 2. The van der Waals surface area contributed by atoms with Crippen LogP contribution in [-0.2, 0) is 0 Å². The van der Waals surface area contributed by atoms with Gasteiger partial charge < -0.3 is 4.52 Å². The molecule has 0 aliphatic rings. The molecule has 5 heteroatoms. The van der Waals surface area contributed by atoms with Gasteiger partial charge in [0.15, 0.2) is 5.69 Å². The first-order valence-corrected chi connectivity index (χ1v) is 4.53. The lowest BCUT2D eigenvalue weighted by atomic mass is 10.2. The number of aromatic amines is 1. The number of aromatic nitrogens is 4. The molecule has 5 nitrogen and oxygen atoms in total. The van der Waals surface area contributed by atoms with Crippen molar-refractivity contribution in [3.63, 3.8) is 0 Å². The molecule has 0 aliphatic heterocycles. The first-order valence-electron chi connectivity index (χ1n) is 4.53. The van der Waals surface area contributed by atoms with E-state index < -0.39 is 0 Å². The Labute approximate surface area is 81.5 Å². The minimum Gasteiger partial charge on any atom is -0.361 e. The molecule has 2 aromatic rings. The first kappa shape index (κ1) is 8.93. The first-order chi connectivity index (χ1) is 6.66. The molecule has 2 aromatic heterocycles. The van der Waals surface area contributed by atoms with Crippen molar-refractivity contribution in [1.82, 2.24) is 20.3 Å². The average Bonchev–Trinajstić information content (AvgIpc) is 2.70. The van der Waals surface area contributed by atoms with E-state index in [9.17, 15) is 0 Å². The molecular weight excluding hydrogens is 180 g/mol. The highest BCUT2D eigenvalue weighted by molar-refractivity contribution is 5.47. The van der Waals surface area contributed by atoms with Crippen LogP contribution in [0.2, 0.25) is 0 Å². The summed E-state index contributed by atoms with van der Waals surface area (Å²) in [6, 6.07) is 1.81. The van der Waals surface area contributed by atoms with Gasteiger partial charge in [0, 0.05) is 12.0 Å². The van der Waals surface area contributed by atoms with Crippen LogP contribution >= 0.6 is 0 Å². The van der Waals surface area contributed by atoms with E-state index in [1.54, 1.807) is 0 Å². The van der Waals surface area contributed by atoms with E-state index in [-0.39, 0.29) is 0 Å². The normalized spacial score (nSPS) is 11.1. The van der Waals surface area contributed by atoms with Gasteiger partial charge in [-0.2, -0.15) is 5.10 Å². The zero-order chi connectivity index (χ0) is 10.1. The van der Waals surface area contributed by atoms with Gasteiger partial charge in [-0.05, 0) is 6.92 Å². The molecule has 0 bridgehead atoms. The maximum atomic E-state index is 4.94. The lowest BCUT2D eigenvalue weighted by Gasteiger charge is -1.94. The number of aryl methyl sites for hydroxylation is 1. The highest BCUT2D eigenvalue weighted by Crippen LogP contribution is 2.16. The monoisotopic (exact) mass is 192 g/mol. The molecule has 2 rings (SSSR count). The van der Waals surface area contributed by atoms with Gasteiger partial charge in [0.05, 0.1) is 0 Å². The SMILES string of the molecule is Cc1cc(-c2n[nH]c(C(C)C)n2)no1. The molecule has 14 heavy (non-hydrogen) atoms. The lowest BCUT2D eigenvalue weighted by Crippen LogP contribution is -1.89. The van der Waals surface area contributed by atoms with Crippen LogP contribution in [0.4, 0.5) is 0 Å². The van der Waals surface area contributed by atoms with Crippen LogP contribution in [0.3, 0.4) is 0 Å². The van der Waals surface area contributed by atoms with Crippen LogP contribution in [0.5, 0.6) is 0 Å². The highest BCUT2D eigenvalue weighted by atomic mass is 16.5. The molecule has 0 saturated carbocycles. The van der Waals surface area contributed by atoms with E-state index >= 15 is 0 Å². The van der Waals surface area contributed by atoms with Crippen molar-refractivity contribution >= 4 is 0 Å². The summed E-state index contributed by atoms with van der Waals surface area (Å²) in [6.45, 7) is 5.95. The zero-order valence-electron chi connectivity index (χ0n) is 8.40. The summed E-state index contributed by atoms with van der Waals surface area (Å²) >= 11 is 0. The Morgan fingerprint density at radius 1 is 1.43 bits per heavy atom. The fourth-order valence-electron chi connectivity index (χ4n) is 1.12. The molecule has 0 fully saturated rings. The minimum absolute atomic E-state index is 0.337. The van der Waals surface area contributed by atoms with Crippen molar-refractivity contribution in [1.29, 1.82) is 0 Å². The number of H-pyrrole nitrogens is 1. The Balaban J connectivity index is 2.33. The van der Waals surface area contributed by atoms with Crippen molar-refractivity contribution in [2.24, 2.45) is 0 Å². The average molecular weight is 192 g/mol. The molecule has 1 N–H and O–H groups in total. The predicted octanol–water partition coefficient (Wildman–Crippen LogP) is 1.89. The van der Waals surface area contributed by atoms with E-state index in [1.807, 2.05) is 13.0 Å². The second-order valence-electron chi connectivity index (χ2n) is 3.52. The lowest BCUT2D eigenvalue weighted by molar-refractivity contribution is 0.399. The smallest absolute Gasteiger partial charge is 0.203 e. The number of hydrogen-bond acceptors (Lipinski definition) is 4. The van der Waals surface area contributed by atoms with Gasteiger partial charge in [0.1, 0.15) is 11.6 Å². The Morgan fingerprint density at radius 3 is 2.71 bits per heavy atom. The second-order valence-corrected chi connectivity index (χ2v) is 3.52. The summed E-state index contributed by atoms with van der Waals surface area (Å²) in [5.41, 5.74) is 0.672. The third kappa shape index (κ3) is 1.53. The third-order valence-corrected chi connectivity index (χ3v) is 1.91. The van der Waals surface area contributed by atoms with E-state index in [2.05, 4.69) is 34.2 Å². The fourth-order valence-corrected chi connectivity index (χ4v) is 1.12. The number of nitrogens with one attached hydrogen (secondary N) is 1. The van der Waals surface area contributed by atoms with Gasteiger partial charge in [-0.15, -0.1) is 0 Å². The third-order valence-electron chi connectivity index (χ3n) is 1.91. The van der Waals surface area contributed by atoms with Crippen molar-refractivity contribution in [2.45, 2.75) is 26.7 Å². The molecule has 74 valence electrons. The van der Waals surface area contributed by atoms with Crippen LogP contribution in [-0.4, -0.2) is 20.3 Å². The summed E-state index contributed by atoms with van der Waals surface area (Å²) in [6.07, 6.45) is 0. The molecular formula is C9H12N4O. The quantitative estimate of drug-likeness (QED) is 0.788. The van der Waals surface area contributed by atoms with Crippen LogP contribution in [0, 0.1) is 6.92 Å². The molecule has 0 aliphatic carbocycles. The standard InChI is InChI=1S/C9H12N4O/c1-5(2)8-10-9(12-11-8)7-4-6(3)14-13-7/h4-5H,1-3H3,(H,10,11,12). The summed E-state index contributed by atoms with van der Waals surface area (Å²) in [7, 11) is 0. The van der Waals surface area contributed by atoms with Gasteiger partial charge in [-0.25, -0.2) is 4.98 Å². The molecule has 0 radical (unpaired) electrons. The Kier molecular flexibility index (Phi) is 2.07. The molecule has 0 aromatic carbocycles. The van der Waals surface area contributed by atoms with E-state index in [0.29, 0.717) is 17.4 Å². The summed E-state index contributed by atoms with van der Waals surface area (Å²) in [5, 5.41) is 10.8. The second kappa shape index (κ2) is 3.25.